The highest BCUT2D eigenvalue weighted by molar-refractivity contribution is 7.10. The number of nitrogens with one attached hydrogen (secondary N) is 1. The number of hydrogen-bond donors (Lipinski definition) is 1. The molecule has 1 aliphatic rings. The molecule has 0 radical (unpaired) electrons. The van der Waals surface area contributed by atoms with Gasteiger partial charge >= 0.3 is 0 Å². The number of hydrogen-bond acceptors (Lipinski definition) is 3. The molecule has 1 amide bonds. The molecule has 3 nitrogen and oxygen atoms in total. The van der Waals surface area contributed by atoms with Crippen LogP contribution in [0.4, 0.5) is 0 Å². The minimum Gasteiger partial charge on any atom is -0.318 e. The van der Waals surface area contributed by atoms with Gasteiger partial charge in [-0.05, 0) is 31.2 Å². The van der Waals surface area contributed by atoms with E-state index in [4.69, 9.17) is 0 Å². The molecule has 0 bridgehead atoms. The summed E-state index contributed by atoms with van der Waals surface area (Å²) in [6.07, 6.45) is 4.21. The molecule has 1 fully saturated rings. The summed E-state index contributed by atoms with van der Waals surface area (Å²) >= 11 is 1.73. The third-order valence-corrected chi connectivity index (χ3v) is 4.69. The standard InChI is InChI=1S/C15H24N2OS/c1-4-7-11(3)17-14(13-9-6-10-19-13)16-12(8-5-2)15(17)18/h6,9-12,14,16H,4-5,7-8H2,1-3H3. The van der Waals surface area contributed by atoms with Crippen molar-refractivity contribution in [3.8, 4) is 0 Å². The predicted octanol–water partition coefficient (Wildman–Crippen LogP) is 3.54. The van der Waals surface area contributed by atoms with Crippen molar-refractivity contribution in [3.05, 3.63) is 22.4 Å². The van der Waals surface area contributed by atoms with Gasteiger partial charge in [-0.15, -0.1) is 11.3 Å². The molecule has 2 heterocycles. The summed E-state index contributed by atoms with van der Waals surface area (Å²) in [5.74, 6) is 0.279. The fourth-order valence-corrected chi connectivity index (χ4v) is 3.62. The molecule has 1 N–H and O–H groups in total. The van der Waals surface area contributed by atoms with Gasteiger partial charge in [0.15, 0.2) is 0 Å². The lowest BCUT2D eigenvalue weighted by Gasteiger charge is -2.29. The van der Waals surface area contributed by atoms with Gasteiger partial charge in [0.2, 0.25) is 5.91 Å². The van der Waals surface area contributed by atoms with Crippen LogP contribution in [0.2, 0.25) is 0 Å². The van der Waals surface area contributed by atoms with E-state index in [1.807, 2.05) is 0 Å². The third kappa shape index (κ3) is 3.00. The molecule has 0 aromatic carbocycles. The quantitative estimate of drug-likeness (QED) is 0.864. The summed E-state index contributed by atoms with van der Waals surface area (Å²) in [5, 5.41) is 5.60. The first-order chi connectivity index (χ1) is 9.19. The Morgan fingerprint density at radius 3 is 2.79 bits per heavy atom. The van der Waals surface area contributed by atoms with Gasteiger partial charge in [-0.2, -0.15) is 0 Å². The highest BCUT2D eigenvalue weighted by Gasteiger charge is 2.41. The van der Waals surface area contributed by atoms with E-state index in [-0.39, 0.29) is 18.1 Å². The van der Waals surface area contributed by atoms with Crippen LogP contribution >= 0.6 is 11.3 Å². The van der Waals surface area contributed by atoms with Crippen LogP contribution < -0.4 is 5.32 Å². The Morgan fingerprint density at radius 1 is 1.42 bits per heavy atom. The van der Waals surface area contributed by atoms with Gasteiger partial charge in [-0.1, -0.05) is 32.8 Å². The molecule has 0 saturated carbocycles. The van der Waals surface area contributed by atoms with Crippen molar-refractivity contribution >= 4 is 17.2 Å². The van der Waals surface area contributed by atoms with Crippen LogP contribution in [0.3, 0.4) is 0 Å². The summed E-state index contributed by atoms with van der Waals surface area (Å²) in [6.45, 7) is 6.47. The van der Waals surface area contributed by atoms with Gasteiger partial charge in [0, 0.05) is 10.9 Å². The largest absolute Gasteiger partial charge is 0.318 e. The van der Waals surface area contributed by atoms with E-state index in [2.05, 4.69) is 48.5 Å². The first kappa shape index (κ1) is 14.5. The van der Waals surface area contributed by atoms with Crippen LogP contribution in [0, 0.1) is 0 Å². The molecular weight excluding hydrogens is 256 g/mol. The van der Waals surface area contributed by atoms with Gasteiger partial charge in [-0.3, -0.25) is 10.1 Å². The van der Waals surface area contributed by atoms with E-state index in [0.717, 1.165) is 25.7 Å². The first-order valence-electron chi connectivity index (χ1n) is 7.30. The molecule has 19 heavy (non-hydrogen) atoms. The molecule has 1 aromatic rings. The fraction of sp³-hybridized carbons (Fsp3) is 0.667. The number of carbonyl (C=O) groups excluding carboxylic acids is 1. The van der Waals surface area contributed by atoms with Crippen LogP contribution in [-0.2, 0) is 4.79 Å². The van der Waals surface area contributed by atoms with Crippen LogP contribution in [0.1, 0.15) is 57.5 Å². The van der Waals surface area contributed by atoms with Gasteiger partial charge in [0.1, 0.15) is 6.17 Å². The number of nitrogens with zero attached hydrogens (tertiary/aromatic N) is 1. The summed E-state index contributed by atoms with van der Waals surface area (Å²) in [7, 11) is 0. The van der Waals surface area contributed by atoms with E-state index < -0.39 is 0 Å². The maximum atomic E-state index is 12.6. The number of amides is 1. The molecular formula is C15H24N2OS. The maximum Gasteiger partial charge on any atom is 0.241 e. The Bertz CT molecular complexity index is 404. The van der Waals surface area contributed by atoms with Crippen LogP contribution in [0.15, 0.2) is 17.5 Å². The second-order valence-electron chi connectivity index (χ2n) is 5.31. The van der Waals surface area contributed by atoms with Crippen molar-refractivity contribution in [2.45, 2.75) is 64.7 Å². The molecule has 3 atom stereocenters. The molecule has 0 spiro atoms. The SMILES string of the molecule is CCCC1NC(c2cccs2)N(C(C)CCC)C1=O. The Balaban J connectivity index is 2.21. The topological polar surface area (TPSA) is 32.3 Å². The second kappa shape index (κ2) is 6.53. The Kier molecular flexibility index (Phi) is 4.99. The van der Waals surface area contributed by atoms with E-state index in [0.29, 0.717) is 6.04 Å². The highest BCUT2D eigenvalue weighted by Crippen LogP contribution is 2.32. The summed E-state index contributed by atoms with van der Waals surface area (Å²) in [5.41, 5.74) is 0. The number of thiophene rings is 1. The zero-order valence-corrected chi connectivity index (χ0v) is 12.9. The lowest BCUT2D eigenvalue weighted by Crippen LogP contribution is -2.38. The summed E-state index contributed by atoms with van der Waals surface area (Å²) in [4.78, 5) is 15.9. The summed E-state index contributed by atoms with van der Waals surface area (Å²) < 4.78 is 0. The van der Waals surface area contributed by atoms with Crippen LogP contribution in [0.25, 0.3) is 0 Å². The molecule has 1 aliphatic heterocycles. The predicted molar refractivity (Wildman–Crippen MR) is 80.1 cm³/mol. The molecule has 3 unspecified atom stereocenters. The third-order valence-electron chi connectivity index (χ3n) is 3.76. The minimum atomic E-state index is -0.00333. The van der Waals surface area contributed by atoms with Crippen molar-refractivity contribution in [2.24, 2.45) is 0 Å². The normalized spacial score (nSPS) is 25.0. The lowest BCUT2D eigenvalue weighted by atomic mass is 10.1. The van der Waals surface area contributed by atoms with E-state index in [1.54, 1.807) is 11.3 Å². The van der Waals surface area contributed by atoms with Crippen LogP contribution in [0.5, 0.6) is 0 Å². The Hall–Kier alpha value is -0.870. The average Bonchev–Trinajstić information content (AvgIpc) is 2.99. The van der Waals surface area contributed by atoms with E-state index in [9.17, 15) is 4.79 Å². The summed E-state index contributed by atoms with van der Waals surface area (Å²) in [6, 6.07) is 4.48. The zero-order valence-electron chi connectivity index (χ0n) is 12.1. The second-order valence-corrected chi connectivity index (χ2v) is 6.29. The molecule has 1 saturated heterocycles. The van der Waals surface area contributed by atoms with Crippen molar-refractivity contribution in [3.63, 3.8) is 0 Å². The molecule has 1 aromatic heterocycles. The number of rotatable bonds is 6. The fourth-order valence-electron chi connectivity index (χ4n) is 2.84. The van der Waals surface area contributed by atoms with Gasteiger partial charge in [-0.25, -0.2) is 0 Å². The van der Waals surface area contributed by atoms with Gasteiger partial charge in [0.25, 0.3) is 0 Å². The monoisotopic (exact) mass is 280 g/mol. The smallest absolute Gasteiger partial charge is 0.241 e. The Labute approximate surface area is 120 Å². The minimum absolute atomic E-state index is 0.00333. The zero-order chi connectivity index (χ0) is 13.8. The first-order valence-corrected chi connectivity index (χ1v) is 8.18. The van der Waals surface area contributed by atoms with Crippen molar-refractivity contribution in [1.82, 2.24) is 10.2 Å². The van der Waals surface area contributed by atoms with Gasteiger partial charge in [0.05, 0.1) is 6.04 Å². The van der Waals surface area contributed by atoms with Crippen molar-refractivity contribution < 1.29 is 4.79 Å². The van der Waals surface area contributed by atoms with Crippen molar-refractivity contribution in [1.29, 1.82) is 0 Å². The van der Waals surface area contributed by atoms with E-state index in [1.165, 1.54) is 4.88 Å². The molecule has 2 rings (SSSR count). The molecule has 0 aliphatic carbocycles. The average molecular weight is 280 g/mol. The van der Waals surface area contributed by atoms with Crippen LogP contribution in [-0.4, -0.2) is 22.9 Å². The molecule has 106 valence electrons. The lowest BCUT2D eigenvalue weighted by molar-refractivity contribution is -0.132. The highest BCUT2D eigenvalue weighted by atomic mass is 32.1. The maximum absolute atomic E-state index is 12.6. The van der Waals surface area contributed by atoms with Gasteiger partial charge < -0.3 is 4.90 Å². The van der Waals surface area contributed by atoms with Crippen molar-refractivity contribution in [2.75, 3.05) is 0 Å². The van der Waals surface area contributed by atoms with E-state index >= 15 is 0 Å². The number of carbonyl (C=O) groups is 1. The molecule has 4 heteroatoms. The Morgan fingerprint density at radius 2 is 2.21 bits per heavy atom.